The van der Waals surface area contributed by atoms with Gasteiger partial charge in [0.05, 0.1) is 0 Å². The maximum Gasteiger partial charge on any atom is 0.333 e. The van der Waals surface area contributed by atoms with E-state index in [1.54, 1.807) is 0 Å². The topological polar surface area (TPSA) is 101 Å². The lowest BCUT2D eigenvalue weighted by atomic mass is 9.84. The highest BCUT2D eigenvalue weighted by molar-refractivity contribution is 4.85. The molecule has 0 aromatic heterocycles. The zero-order valence-corrected chi connectivity index (χ0v) is 6.74. The van der Waals surface area contributed by atoms with Crippen LogP contribution >= 0.6 is 0 Å². The molecule has 0 spiro atoms. The fourth-order valence-electron chi connectivity index (χ4n) is 0.503. The Bertz CT molecular complexity index is 122. The summed E-state index contributed by atoms with van der Waals surface area (Å²) < 4.78 is 0. The molecule has 0 rings (SSSR count). The van der Waals surface area contributed by atoms with Crippen molar-refractivity contribution in [2.45, 2.75) is 32.5 Å². The Morgan fingerprint density at radius 1 is 0.727 bits per heavy atom. The molecule has 0 aliphatic carbocycles. The SMILES string of the molecule is CC(C)(C)C(O)(O)C(O)(O)O. The van der Waals surface area contributed by atoms with Crippen LogP contribution in [0.5, 0.6) is 0 Å². The van der Waals surface area contributed by atoms with Crippen LogP contribution in [0, 0.1) is 5.41 Å². The van der Waals surface area contributed by atoms with Crippen molar-refractivity contribution in [3.63, 3.8) is 0 Å². The molecule has 5 nitrogen and oxygen atoms in total. The van der Waals surface area contributed by atoms with Crippen molar-refractivity contribution < 1.29 is 25.5 Å². The van der Waals surface area contributed by atoms with Gasteiger partial charge in [-0.15, -0.1) is 0 Å². The lowest BCUT2D eigenvalue weighted by Crippen LogP contribution is -2.61. The third kappa shape index (κ3) is 1.88. The molecule has 0 bridgehead atoms. The molecule has 0 atom stereocenters. The Morgan fingerprint density at radius 2 is 1.00 bits per heavy atom. The van der Waals surface area contributed by atoms with Crippen molar-refractivity contribution in [2.24, 2.45) is 5.41 Å². The molecule has 0 aliphatic heterocycles. The predicted octanol–water partition coefficient (Wildman–Crippen LogP) is -1.66. The Morgan fingerprint density at radius 3 is 1.00 bits per heavy atom. The van der Waals surface area contributed by atoms with E-state index < -0.39 is 17.2 Å². The van der Waals surface area contributed by atoms with Crippen LogP contribution in [0.1, 0.15) is 20.8 Å². The Labute approximate surface area is 64.5 Å². The van der Waals surface area contributed by atoms with Gasteiger partial charge in [-0.1, -0.05) is 20.8 Å². The minimum Gasteiger partial charge on any atom is -0.359 e. The van der Waals surface area contributed by atoms with E-state index >= 15 is 0 Å². The van der Waals surface area contributed by atoms with Crippen LogP contribution in [0.25, 0.3) is 0 Å². The summed E-state index contributed by atoms with van der Waals surface area (Å²) in [6, 6.07) is 0. The van der Waals surface area contributed by atoms with Crippen LogP contribution in [-0.4, -0.2) is 37.3 Å². The molecule has 0 aliphatic rings. The second-order valence-corrected chi connectivity index (χ2v) is 3.56. The molecular weight excluding hydrogens is 152 g/mol. The highest BCUT2D eigenvalue weighted by atomic mass is 16.7. The van der Waals surface area contributed by atoms with Crippen molar-refractivity contribution in [3.05, 3.63) is 0 Å². The molecule has 0 aromatic rings. The molecule has 0 saturated carbocycles. The van der Waals surface area contributed by atoms with Crippen LogP contribution in [0.2, 0.25) is 0 Å². The standard InChI is InChI=1S/C6H14O5/c1-4(2,3)5(7,8)6(9,10)11/h7-11H,1-3H3. The zero-order valence-electron chi connectivity index (χ0n) is 6.74. The van der Waals surface area contributed by atoms with Gasteiger partial charge in [0.1, 0.15) is 0 Å². The Hall–Kier alpha value is -0.200. The summed E-state index contributed by atoms with van der Waals surface area (Å²) in [6.45, 7) is 4.01. The van der Waals surface area contributed by atoms with E-state index in [-0.39, 0.29) is 0 Å². The van der Waals surface area contributed by atoms with Crippen LogP contribution in [0.15, 0.2) is 0 Å². The van der Waals surface area contributed by atoms with E-state index in [1.165, 1.54) is 20.8 Å². The molecule has 0 radical (unpaired) electrons. The summed E-state index contributed by atoms with van der Waals surface area (Å²) in [6.07, 6.45) is 0. The summed E-state index contributed by atoms with van der Waals surface area (Å²) in [5, 5.41) is 43.5. The van der Waals surface area contributed by atoms with Gasteiger partial charge in [-0.05, 0) is 0 Å². The van der Waals surface area contributed by atoms with Crippen molar-refractivity contribution >= 4 is 0 Å². The van der Waals surface area contributed by atoms with E-state index in [9.17, 15) is 0 Å². The van der Waals surface area contributed by atoms with Crippen LogP contribution in [0.3, 0.4) is 0 Å². The first-order chi connectivity index (χ1) is 4.50. The minimum absolute atomic E-state index is 1.26. The summed E-state index contributed by atoms with van der Waals surface area (Å²) >= 11 is 0. The summed E-state index contributed by atoms with van der Waals surface area (Å²) in [7, 11) is 0. The first-order valence-electron chi connectivity index (χ1n) is 3.12. The molecule has 0 fully saturated rings. The first kappa shape index (κ1) is 10.8. The van der Waals surface area contributed by atoms with E-state index in [4.69, 9.17) is 25.5 Å². The minimum atomic E-state index is -3.51. The van der Waals surface area contributed by atoms with Crippen molar-refractivity contribution in [1.29, 1.82) is 0 Å². The molecule has 68 valence electrons. The van der Waals surface area contributed by atoms with Crippen LogP contribution in [0.4, 0.5) is 0 Å². The summed E-state index contributed by atoms with van der Waals surface area (Å²) in [5.41, 5.74) is -1.26. The smallest absolute Gasteiger partial charge is 0.333 e. The van der Waals surface area contributed by atoms with Gasteiger partial charge in [0.15, 0.2) is 0 Å². The lowest BCUT2D eigenvalue weighted by molar-refractivity contribution is -0.470. The molecule has 0 saturated heterocycles. The fraction of sp³-hybridized carbons (Fsp3) is 1.00. The van der Waals surface area contributed by atoms with Gasteiger partial charge in [0, 0.05) is 5.41 Å². The number of rotatable bonds is 1. The van der Waals surface area contributed by atoms with Gasteiger partial charge in [-0.25, -0.2) is 0 Å². The summed E-state index contributed by atoms with van der Waals surface area (Å²) in [5.74, 6) is -6.47. The number of aliphatic hydroxyl groups is 5. The van der Waals surface area contributed by atoms with Crippen molar-refractivity contribution in [1.82, 2.24) is 0 Å². The van der Waals surface area contributed by atoms with E-state index in [0.29, 0.717) is 0 Å². The predicted molar refractivity (Wildman–Crippen MR) is 36.0 cm³/mol. The fourth-order valence-corrected chi connectivity index (χ4v) is 0.503. The average Bonchev–Trinajstić information content (AvgIpc) is 1.58. The molecule has 11 heavy (non-hydrogen) atoms. The normalized spacial score (nSPS) is 15.3. The third-order valence-corrected chi connectivity index (χ3v) is 1.51. The highest BCUT2D eigenvalue weighted by Crippen LogP contribution is 2.33. The number of hydrogen-bond acceptors (Lipinski definition) is 5. The molecule has 0 unspecified atom stereocenters. The maximum atomic E-state index is 8.99. The van der Waals surface area contributed by atoms with Gasteiger partial charge in [0.2, 0.25) is 0 Å². The first-order valence-corrected chi connectivity index (χ1v) is 3.12. The molecule has 0 amide bonds. The van der Waals surface area contributed by atoms with Crippen molar-refractivity contribution in [2.75, 3.05) is 0 Å². The second kappa shape index (κ2) is 2.40. The van der Waals surface area contributed by atoms with Gasteiger partial charge >= 0.3 is 5.97 Å². The van der Waals surface area contributed by atoms with Gasteiger partial charge in [-0.2, -0.15) is 0 Å². The zero-order chi connectivity index (χ0) is 9.50. The maximum absolute atomic E-state index is 8.99. The van der Waals surface area contributed by atoms with E-state index in [2.05, 4.69) is 0 Å². The highest BCUT2D eigenvalue weighted by Gasteiger charge is 2.54. The van der Waals surface area contributed by atoms with E-state index in [1.807, 2.05) is 0 Å². The van der Waals surface area contributed by atoms with Crippen LogP contribution in [-0.2, 0) is 0 Å². The second-order valence-electron chi connectivity index (χ2n) is 3.56. The Kier molecular flexibility index (Phi) is 2.35. The molecule has 0 heterocycles. The van der Waals surface area contributed by atoms with Gasteiger partial charge < -0.3 is 25.5 Å². The summed E-state index contributed by atoms with van der Waals surface area (Å²) in [4.78, 5) is 0. The van der Waals surface area contributed by atoms with Crippen LogP contribution < -0.4 is 0 Å². The molecule has 5 N–H and O–H groups in total. The average molecular weight is 166 g/mol. The van der Waals surface area contributed by atoms with Gasteiger partial charge in [-0.3, -0.25) is 0 Å². The monoisotopic (exact) mass is 166 g/mol. The third-order valence-electron chi connectivity index (χ3n) is 1.51. The molecule has 5 heteroatoms. The quantitative estimate of drug-likeness (QED) is 0.300. The molecule has 0 aromatic carbocycles. The van der Waals surface area contributed by atoms with E-state index in [0.717, 1.165) is 0 Å². The largest absolute Gasteiger partial charge is 0.359 e. The Balaban J connectivity index is 4.75. The van der Waals surface area contributed by atoms with Gasteiger partial charge in [0.25, 0.3) is 5.79 Å². The lowest BCUT2D eigenvalue weighted by Gasteiger charge is -2.39. The number of hydrogen-bond donors (Lipinski definition) is 5. The van der Waals surface area contributed by atoms with Crippen molar-refractivity contribution in [3.8, 4) is 0 Å². The molecular formula is C6H14O5.